The van der Waals surface area contributed by atoms with E-state index in [-0.39, 0.29) is 29.7 Å². The minimum atomic E-state index is -0.627. The molecule has 1 aliphatic rings. The molecule has 0 spiro atoms. The van der Waals surface area contributed by atoms with Crippen LogP contribution in [0.2, 0.25) is 0 Å². The Kier molecular flexibility index (Phi) is 7.23. The molecule has 0 amide bonds. The molecule has 1 heterocycles. The summed E-state index contributed by atoms with van der Waals surface area (Å²) >= 11 is 0. The third-order valence-corrected chi connectivity index (χ3v) is 3.92. The largest absolute Gasteiger partial charge is 0.466 e. The fourth-order valence-corrected chi connectivity index (χ4v) is 2.85. The molecule has 126 valence electrons. The summed E-state index contributed by atoms with van der Waals surface area (Å²) in [6.45, 7) is 11.8. The molecule has 1 rings (SSSR count). The lowest BCUT2D eigenvalue weighted by atomic mass is 9.81. The van der Waals surface area contributed by atoms with Crippen LogP contribution in [0, 0.1) is 11.8 Å². The standard InChI is InChI=1S/C17H28O5/c1-6-13(15-11-21-17(4,5)22-15)14(12(3)18)9-8-10-16(19)20-7-2/h6,13-15H,1,7-11H2,2-5H3/t13-,14-,15+/m0/s1. The summed E-state index contributed by atoms with van der Waals surface area (Å²) in [6.07, 6.45) is 3.15. The molecule has 0 aliphatic carbocycles. The van der Waals surface area contributed by atoms with Crippen molar-refractivity contribution in [1.82, 2.24) is 0 Å². The van der Waals surface area contributed by atoms with Crippen molar-refractivity contribution >= 4 is 11.8 Å². The highest BCUT2D eigenvalue weighted by Crippen LogP contribution is 2.33. The molecule has 5 nitrogen and oxygen atoms in total. The topological polar surface area (TPSA) is 61.8 Å². The van der Waals surface area contributed by atoms with Crippen LogP contribution < -0.4 is 0 Å². The van der Waals surface area contributed by atoms with Crippen molar-refractivity contribution in [1.29, 1.82) is 0 Å². The van der Waals surface area contributed by atoms with Gasteiger partial charge in [-0.15, -0.1) is 6.58 Å². The molecule has 0 N–H and O–H groups in total. The zero-order valence-electron chi connectivity index (χ0n) is 14.1. The van der Waals surface area contributed by atoms with Gasteiger partial charge < -0.3 is 14.2 Å². The Morgan fingerprint density at radius 1 is 1.45 bits per heavy atom. The molecule has 3 atom stereocenters. The Bertz CT molecular complexity index is 402. The van der Waals surface area contributed by atoms with E-state index in [9.17, 15) is 9.59 Å². The van der Waals surface area contributed by atoms with Gasteiger partial charge in [-0.1, -0.05) is 6.08 Å². The second-order valence-corrected chi connectivity index (χ2v) is 6.09. The van der Waals surface area contributed by atoms with Crippen molar-refractivity contribution in [2.24, 2.45) is 11.8 Å². The van der Waals surface area contributed by atoms with E-state index in [4.69, 9.17) is 14.2 Å². The minimum absolute atomic E-state index is 0.0852. The summed E-state index contributed by atoms with van der Waals surface area (Å²) in [5, 5.41) is 0. The Labute approximate surface area is 133 Å². The van der Waals surface area contributed by atoms with Crippen LogP contribution in [0.5, 0.6) is 0 Å². The van der Waals surface area contributed by atoms with Gasteiger partial charge in [0, 0.05) is 18.3 Å². The molecule has 22 heavy (non-hydrogen) atoms. The van der Waals surface area contributed by atoms with E-state index in [1.54, 1.807) is 19.9 Å². The van der Waals surface area contributed by atoms with Gasteiger partial charge in [0.25, 0.3) is 0 Å². The summed E-state index contributed by atoms with van der Waals surface area (Å²) in [6, 6.07) is 0. The average molecular weight is 312 g/mol. The Morgan fingerprint density at radius 3 is 2.59 bits per heavy atom. The second kappa shape index (κ2) is 8.44. The van der Waals surface area contributed by atoms with Gasteiger partial charge in [-0.2, -0.15) is 0 Å². The highest BCUT2D eigenvalue weighted by molar-refractivity contribution is 5.79. The van der Waals surface area contributed by atoms with Crippen molar-refractivity contribution in [2.75, 3.05) is 13.2 Å². The summed E-state index contributed by atoms with van der Waals surface area (Å²) in [7, 11) is 0. The van der Waals surface area contributed by atoms with Crippen molar-refractivity contribution in [3.63, 3.8) is 0 Å². The molecule has 0 aromatic carbocycles. The normalized spacial score (nSPS) is 22.8. The van der Waals surface area contributed by atoms with E-state index in [1.807, 2.05) is 13.8 Å². The van der Waals surface area contributed by atoms with Gasteiger partial charge in [0.05, 0.1) is 19.3 Å². The molecule has 1 aliphatic heterocycles. The molecule has 0 radical (unpaired) electrons. The Hall–Kier alpha value is -1.20. The number of Topliss-reactive ketones (excluding diaryl/α,β-unsaturated/α-hetero) is 1. The first-order valence-corrected chi connectivity index (χ1v) is 7.91. The third kappa shape index (κ3) is 5.54. The lowest BCUT2D eigenvalue weighted by molar-refractivity contribution is -0.147. The SMILES string of the molecule is C=C[C@H]([C@H]1COC(C)(C)O1)[C@@H](CCCC(=O)OCC)C(C)=O. The van der Waals surface area contributed by atoms with Crippen molar-refractivity contribution in [2.45, 2.75) is 58.8 Å². The molecule has 0 aromatic heterocycles. The Balaban J connectivity index is 2.62. The van der Waals surface area contributed by atoms with Crippen molar-refractivity contribution in [3.8, 4) is 0 Å². The first kappa shape index (κ1) is 18.8. The third-order valence-electron chi connectivity index (χ3n) is 3.92. The molecule has 0 unspecified atom stereocenters. The number of esters is 1. The smallest absolute Gasteiger partial charge is 0.305 e. The number of carbonyl (C=O) groups excluding carboxylic acids is 2. The van der Waals surface area contributed by atoms with Crippen molar-refractivity contribution < 1.29 is 23.8 Å². The van der Waals surface area contributed by atoms with Gasteiger partial charge in [0.1, 0.15) is 5.78 Å². The second-order valence-electron chi connectivity index (χ2n) is 6.09. The fraction of sp³-hybridized carbons (Fsp3) is 0.765. The lowest BCUT2D eigenvalue weighted by Crippen LogP contribution is -2.33. The number of ketones is 1. The summed E-state index contributed by atoms with van der Waals surface area (Å²) in [5.74, 6) is -1.09. The maximum Gasteiger partial charge on any atom is 0.305 e. The Morgan fingerprint density at radius 2 is 2.14 bits per heavy atom. The molecule has 5 heteroatoms. The van der Waals surface area contributed by atoms with Crippen molar-refractivity contribution in [3.05, 3.63) is 12.7 Å². The first-order valence-electron chi connectivity index (χ1n) is 7.91. The van der Waals surface area contributed by atoms with E-state index < -0.39 is 5.79 Å². The van der Waals surface area contributed by atoms with Crippen LogP contribution in [0.3, 0.4) is 0 Å². The number of hydrogen-bond donors (Lipinski definition) is 0. The molecule has 0 aromatic rings. The maximum atomic E-state index is 12.0. The summed E-state index contributed by atoms with van der Waals surface area (Å²) < 4.78 is 16.4. The average Bonchev–Trinajstić information content (AvgIpc) is 2.78. The van der Waals surface area contributed by atoms with Gasteiger partial charge in [-0.05, 0) is 40.5 Å². The number of rotatable bonds is 9. The quantitative estimate of drug-likeness (QED) is 0.484. The van der Waals surface area contributed by atoms with Gasteiger partial charge >= 0.3 is 5.97 Å². The van der Waals surface area contributed by atoms with Crippen LogP contribution in [0.25, 0.3) is 0 Å². The van der Waals surface area contributed by atoms with Gasteiger partial charge in [-0.3, -0.25) is 9.59 Å². The van der Waals surface area contributed by atoms with Crippen LogP contribution in [0.4, 0.5) is 0 Å². The summed E-state index contributed by atoms with van der Waals surface area (Å²) in [4.78, 5) is 23.4. The highest BCUT2D eigenvalue weighted by Gasteiger charge is 2.40. The number of carbonyl (C=O) groups is 2. The highest BCUT2D eigenvalue weighted by atomic mass is 16.7. The fourth-order valence-electron chi connectivity index (χ4n) is 2.85. The molecular weight excluding hydrogens is 284 g/mol. The van der Waals surface area contributed by atoms with Gasteiger partial charge in [0.15, 0.2) is 5.79 Å². The predicted molar refractivity (Wildman–Crippen MR) is 83.2 cm³/mol. The van der Waals surface area contributed by atoms with E-state index in [0.29, 0.717) is 32.5 Å². The lowest BCUT2D eigenvalue weighted by Gasteiger charge is -2.27. The molecule has 1 saturated heterocycles. The van der Waals surface area contributed by atoms with E-state index >= 15 is 0 Å². The van der Waals surface area contributed by atoms with Gasteiger partial charge in [-0.25, -0.2) is 0 Å². The monoisotopic (exact) mass is 312 g/mol. The van der Waals surface area contributed by atoms with Crippen LogP contribution in [-0.2, 0) is 23.8 Å². The number of ether oxygens (including phenoxy) is 3. The van der Waals surface area contributed by atoms with Crippen LogP contribution in [-0.4, -0.2) is 36.9 Å². The number of hydrogen-bond acceptors (Lipinski definition) is 5. The minimum Gasteiger partial charge on any atom is -0.466 e. The molecule has 1 fully saturated rings. The zero-order valence-corrected chi connectivity index (χ0v) is 14.1. The molecule has 0 bridgehead atoms. The zero-order chi connectivity index (χ0) is 16.8. The van der Waals surface area contributed by atoms with E-state index in [1.165, 1.54) is 0 Å². The van der Waals surface area contributed by atoms with E-state index in [0.717, 1.165) is 0 Å². The summed E-state index contributed by atoms with van der Waals surface area (Å²) in [5.41, 5.74) is 0. The van der Waals surface area contributed by atoms with Crippen LogP contribution in [0.15, 0.2) is 12.7 Å². The molecule has 0 saturated carbocycles. The molecular formula is C17H28O5. The first-order chi connectivity index (χ1) is 10.3. The van der Waals surface area contributed by atoms with Crippen LogP contribution in [0.1, 0.15) is 47.0 Å². The maximum absolute atomic E-state index is 12.0. The van der Waals surface area contributed by atoms with Gasteiger partial charge in [0.2, 0.25) is 0 Å². The predicted octanol–water partition coefficient (Wildman–Crippen LogP) is 2.88. The van der Waals surface area contributed by atoms with E-state index in [2.05, 4.69) is 6.58 Å². The van der Waals surface area contributed by atoms with Crippen LogP contribution >= 0.6 is 0 Å².